The summed E-state index contributed by atoms with van der Waals surface area (Å²) in [7, 11) is 0. The molecule has 12 heavy (non-hydrogen) atoms. The van der Waals surface area contributed by atoms with Gasteiger partial charge < -0.3 is 0 Å². The Bertz CT molecular complexity index is 78.6. The minimum Gasteiger partial charge on any atom is -0.246 e. The maximum Gasteiger partial charge on any atom is 0.119 e. The molecule has 0 radical (unpaired) electrons. The summed E-state index contributed by atoms with van der Waals surface area (Å²) in [5.74, 6) is -0.125. The van der Waals surface area contributed by atoms with Gasteiger partial charge in [-0.15, -0.1) is 9.60 Å². The zero-order valence-electron chi connectivity index (χ0n) is 8.77. The Labute approximate surface area is 74.7 Å². The molecule has 1 nitrogen and oxygen atoms in total. The Balaban J connectivity index is 0. The van der Waals surface area contributed by atoms with Crippen molar-refractivity contribution in [3.8, 4) is 0 Å². The SMILES string of the molecule is CC.CC.CC1CN(F)CC1F. The lowest BCUT2D eigenvalue weighted by molar-refractivity contribution is 0.0476. The highest BCUT2D eigenvalue weighted by Gasteiger charge is 2.29. The van der Waals surface area contributed by atoms with Crippen LogP contribution in [0.2, 0.25) is 0 Å². The van der Waals surface area contributed by atoms with Crippen LogP contribution in [0.25, 0.3) is 0 Å². The van der Waals surface area contributed by atoms with Gasteiger partial charge in [0.05, 0.1) is 6.54 Å². The van der Waals surface area contributed by atoms with Crippen LogP contribution >= 0.6 is 0 Å². The first kappa shape index (κ1) is 14.3. The molecule has 0 aromatic carbocycles. The molecule has 76 valence electrons. The van der Waals surface area contributed by atoms with Crippen LogP contribution in [0.3, 0.4) is 0 Å². The molecule has 1 aliphatic rings. The highest BCUT2D eigenvalue weighted by Crippen LogP contribution is 2.18. The summed E-state index contributed by atoms with van der Waals surface area (Å²) in [6.07, 6.45) is -0.958. The maximum absolute atomic E-state index is 12.3. The fraction of sp³-hybridized carbons (Fsp3) is 1.00. The third-order valence-corrected chi connectivity index (χ3v) is 1.48. The average Bonchev–Trinajstić information content (AvgIpc) is 2.37. The summed E-state index contributed by atoms with van der Waals surface area (Å²) in [6.45, 7) is 9.92. The van der Waals surface area contributed by atoms with E-state index >= 15 is 0 Å². The quantitative estimate of drug-likeness (QED) is 0.519. The minimum absolute atomic E-state index is 0.0405. The van der Waals surface area contributed by atoms with E-state index in [-0.39, 0.29) is 19.0 Å². The van der Waals surface area contributed by atoms with Gasteiger partial charge in [0.15, 0.2) is 0 Å². The maximum atomic E-state index is 12.3. The molecule has 1 aliphatic heterocycles. The first-order chi connectivity index (χ1) is 5.70. The molecule has 1 rings (SSSR count). The number of rotatable bonds is 0. The van der Waals surface area contributed by atoms with Gasteiger partial charge in [0.1, 0.15) is 6.17 Å². The number of alkyl halides is 1. The molecule has 1 heterocycles. The first-order valence-corrected chi connectivity index (χ1v) is 4.75. The van der Waals surface area contributed by atoms with E-state index in [1.165, 1.54) is 0 Å². The first-order valence-electron chi connectivity index (χ1n) is 4.75. The van der Waals surface area contributed by atoms with Crippen LogP contribution in [0.5, 0.6) is 0 Å². The summed E-state index contributed by atoms with van der Waals surface area (Å²) in [5, 5.41) is 0.523. The molecule has 2 atom stereocenters. The Kier molecular flexibility index (Phi) is 10.7. The second-order valence-corrected chi connectivity index (χ2v) is 2.32. The molecule has 1 saturated heterocycles. The molecule has 0 amide bonds. The molecule has 0 aromatic heterocycles. The fourth-order valence-electron chi connectivity index (χ4n) is 0.871. The van der Waals surface area contributed by atoms with Crippen LogP contribution in [0.1, 0.15) is 34.6 Å². The van der Waals surface area contributed by atoms with Crippen LogP contribution in [-0.4, -0.2) is 24.4 Å². The molecule has 0 spiro atoms. The molecular weight excluding hydrogens is 160 g/mol. The molecular formula is C9H21F2N. The van der Waals surface area contributed by atoms with E-state index in [0.29, 0.717) is 5.12 Å². The smallest absolute Gasteiger partial charge is 0.119 e. The van der Waals surface area contributed by atoms with Gasteiger partial charge in [-0.2, -0.15) is 0 Å². The third kappa shape index (κ3) is 5.47. The van der Waals surface area contributed by atoms with Gasteiger partial charge in [-0.05, 0) is 0 Å². The van der Waals surface area contributed by atoms with Gasteiger partial charge in [-0.3, -0.25) is 0 Å². The molecule has 1 fully saturated rings. The van der Waals surface area contributed by atoms with Crippen molar-refractivity contribution in [2.75, 3.05) is 13.1 Å². The van der Waals surface area contributed by atoms with Crippen LogP contribution < -0.4 is 0 Å². The lowest BCUT2D eigenvalue weighted by Crippen LogP contribution is -2.09. The molecule has 0 aliphatic carbocycles. The third-order valence-electron chi connectivity index (χ3n) is 1.48. The van der Waals surface area contributed by atoms with Crippen LogP contribution in [-0.2, 0) is 0 Å². The normalized spacial score (nSPS) is 28.2. The zero-order chi connectivity index (χ0) is 10.1. The van der Waals surface area contributed by atoms with E-state index in [4.69, 9.17) is 0 Å². The van der Waals surface area contributed by atoms with Gasteiger partial charge in [0.25, 0.3) is 0 Å². The number of halogens is 2. The van der Waals surface area contributed by atoms with E-state index in [1.54, 1.807) is 6.92 Å². The van der Waals surface area contributed by atoms with Crippen molar-refractivity contribution >= 4 is 0 Å². The summed E-state index contributed by atoms with van der Waals surface area (Å²) in [6, 6.07) is 0. The van der Waals surface area contributed by atoms with Crippen molar-refractivity contribution in [3.63, 3.8) is 0 Å². The number of hydrogen-bond donors (Lipinski definition) is 0. The van der Waals surface area contributed by atoms with Crippen molar-refractivity contribution in [3.05, 3.63) is 0 Å². The second kappa shape index (κ2) is 8.91. The van der Waals surface area contributed by atoms with Gasteiger partial charge in [0.2, 0.25) is 0 Å². The second-order valence-electron chi connectivity index (χ2n) is 2.32. The summed E-state index contributed by atoms with van der Waals surface area (Å²) < 4.78 is 24.3. The topological polar surface area (TPSA) is 3.24 Å². The minimum atomic E-state index is -0.958. The molecule has 0 N–H and O–H groups in total. The van der Waals surface area contributed by atoms with Crippen molar-refractivity contribution in [2.24, 2.45) is 5.92 Å². The standard InChI is InChI=1S/C5H9F2N.2C2H6/c1-4-2-8(7)3-5(4)6;2*1-2/h4-5H,2-3H2,1H3;2*1-2H3. The Morgan fingerprint density at radius 1 is 1.08 bits per heavy atom. The van der Waals surface area contributed by atoms with Crippen molar-refractivity contribution in [1.82, 2.24) is 5.12 Å². The fourth-order valence-corrected chi connectivity index (χ4v) is 0.871. The monoisotopic (exact) mass is 181 g/mol. The van der Waals surface area contributed by atoms with Crippen molar-refractivity contribution in [1.29, 1.82) is 0 Å². The lowest BCUT2D eigenvalue weighted by atomic mass is 10.1. The average molecular weight is 181 g/mol. The van der Waals surface area contributed by atoms with Crippen LogP contribution in [0.15, 0.2) is 0 Å². The molecule has 0 bridgehead atoms. The van der Waals surface area contributed by atoms with Crippen molar-refractivity contribution < 1.29 is 8.87 Å². The zero-order valence-corrected chi connectivity index (χ0v) is 8.77. The van der Waals surface area contributed by atoms with E-state index < -0.39 is 6.17 Å². The predicted molar refractivity (Wildman–Crippen MR) is 49.4 cm³/mol. The van der Waals surface area contributed by atoms with Gasteiger partial charge in [0, 0.05) is 12.5 Å². The van der Waals surface area contributed by atoms with Crippen LogP contribution in [0.4, 0.5) is 8.87 Å². The number of hydrogen-bond acceptors (Lipinski definition) is 1. The van der Waals surface area contributed by atoms with E-state index in [0.717, 1.165) is 0 Å². The lowest BCUT2D eigenvalue weighted by Gasteiger charge is -1.98. The Morgan fingerprint density at radius 3 is 1.58 bits per heavy atom. The van der Waals surface area contributed by atoms with E-state index in [2.05, 4.69) is 0 Å². The van der Waals surface area contributed by atoms with Gasteiger partial charge in [-0.1, -0.05) is 34.6 Å². The van der Waals surface area contributed by atoms with Gasteiger partial charge in [-0.25, -0.2) is 4.39 Å². The molecule has 2 unspecified atom stereocenters. The Hall–Kier alpha value is -0.180. The predicted octanol–water partition coefficient (Wildman–Crippen LogP) is 3.21. The van der Waals surface area contributed by atoms with Crippen LogP contribution in [0, 0.1) is 5.92 Å². The van der Waals surface area contributed by atoms with Crippen molar-refractivity contribution in [2.45, 2.75) is 40.8 Å². The summed E-state index contributed by atoms with van der Waals surface area (Å²) in [4.78, 5) is 0. The van der Waals surface area contributed by atoms with E-state index in [1.807, 2.05) is 27.7 Å². The van der Waals surface area contributed by atoms with E-state index in [9.17, 15) is 8.87 Å². The summed E-state index contributed by atoms with van der Waals surface area (Å²) in [5.41, 5.74) is 0. The highest BCUT2D eigenvalue weighted by molar-refractivity contribution is 4.75. The summed E-state index contributed by atoms with van der Waals surface area (Å²) >= 11 is 0. The molecule has 3 heteroatoms. The Morgan fingerprint density at radius 2 is 1.50 bits per heavy atom. The molecule has 0 saturated carbocycles. The number of nitrogens with zero attached hydrogens (tertiary/aromatic N) is 1. The highest BCUT2D eigenvalue weighted by atomic mass is 19.2. The largest absolute Gasteiger partial charge is 0.246 e. The van der Waals surface area contributed by atoms with Gasteiger partial charge >= 0.3 is 0 Å². The molecule has 0 aromatic rings.